The van der Waals surface area contributed by atoms with Crippen LogP contribution in [0, 0.1) is 6.92 Å². The van der Waals surface area contributed by atoms with Gasteiger partial charge in [0.25, 0.3) is 0 Å². The van der Waals surface area contributed by atoms with E-state index in [1.165, 1.54) is 13.8 Å². The largest absolute Gasteiger partial charge is 0.482 e. The molecule has 17 heavy (non-hydrogen) atoms. The predicted molar refractivity (Wildman–Crippen MR) is 65.7 cm³/mol. The maximum absolute atomic E-state index is 10.2. The molecule has 4 nitrogen and oxygen atoms in total. The van der Waals surface area contributed by atoms with E-state index in [0.29, 0.717) is 10.8 Å². The van der Waals surface area contributed by atoms with Gasteiger partial charge in [0, 0.05) is 5.02 Å². The summed E-state index contributed by atoms with van der Waals surface area (Å²) >= 11 is 5.71. The number of ketones is 1. The molecule has 1 aromatic rings. The first-order valence-corrected chi connectivity index (χ1v) is 5.28. The fourth-order valence-corrected chi connectivity index (χ4v) is 1.14. The zero-order valence-corrected chi connectivity index (χ0v) is 10.7. The fraction of sp³-hybridized carbons (Fsp3) is 0.333. The summed E-state index contributed by atoms with van der Waals surface area (Å²) in [5.41, 5.74) is 0.828. The van der Waals surface area contributed by atoms with Crippen molar-refractivity contribution in [3.63, 3.8) is 0 Å². The number of rotatable bonds is 3. The van der Waals surface area contributed by atoms with Crippen LogP contribution in [0.3, 0.4) is 0 Å². The van der Waals surface area contributed by atoms with Crippen LogP contribution in [0.15, 0.2) is 18.2 Å². The summed E-state index contributed by atoms with van der Waals surface area (Å²) in [6.07, 6.45) is 0. The Morgan fingerprint density at radius 2 is 1.88 bits per heavy atom. The van der Waals surface area contributed by atoms with Crippen molar-refractivity contribution in [2.45, 2.75) is 20.8 Å². The van der Waals surface area contributed by atoms with Crippen LogP contribution in [0.5, 0.6) is 5.75 Å². The quantitative estimate of drug-likeness (QED) is 0.905. The lowest BCUT2D eigenvalue weighted by atomic mass is 10.2. The molecule has 0 bridgehead atoms. The summed E-state index contributed by atoms with van der Waals surface area (Å²) in [6.45, 7) is 4.53. The lowest BCUT2D eigenvalue weighted by molar-refractivity contribution is -0.139. The number of hydrogen-bond donors (Lipinski definition) is 1. The number of halogens is 1. The number of carbonyl (C=O) groups is 2. The van der Waals surface area contributed by atoms with E-state index in [4.69, 9.17) is 21.4 Å². The highest BCUT2D eigenvalue weighted by molar-refractivity contribution is 6.30. The molecule has 0 amide bonds. The second-order valence-corrected chi connectivity index (χ2v) is 3.94. The van der Waals surface area contributed by atoms with Crippen molar-refractivity contribution >= 4 is 23.4 Å². The Labute approximate surface area is 105 Å². The maximum Gasteiger partial charge on any atom is 0.341 e. The summed E-state index contributed by atoms with van der Waals surface area (Å²) in [5, 5.41) is 8.98. The summed E-state index contributed by atoms with van der Waals surface area (Å²) in [6, 6.07) is 5.03. The van der Waals surface area contributed by atoms with Gasteiger partial charge in [0.15, 0.2) is 6.61 Å². The van der Waals surface area contributed by atoms with Crippen LogP contribution in [0.4, 0.5) is 0 Å². The molecule has 1 N–H and O–H groups in total. The number of aryl methyl sites for hydroxylation is 1. The van der Waals surface area contributed by atoms with E-state index in [9.17, 15) is 9.59 Å². The second-order valence-electron chi connectivity index (χ2n) is 3.50. The van der Waals surface area contributed by atoms with E-state index in [-0.39, 0.29) is 12.4 Å². The van der Waals surface area contributed by atoms with Gasteiger partial charge < -0.3 is 14.6 Å². The molecule has 0 heterocycles. The second kappa shape index (κ2) is 7.68. The molecule has 0 unspecified atom stereocenters. The predicted octanol–water partition coefficient (Wildman–Crippen LogP) is 2.71. The van der Waals surface area contributed by atoms with Crippen molar-refractivity contribution in [1.29, 1.82) is 0 Å². The molecule has 0 radical (unpaired) electrons. The summed E-state index contributed by atoms with van der Waals surface area (Å²) in [5.74, 6) is -0.277. The third-order valence-corrected chi connectivity index (χ3v) is 1.72. The van der Waals surface area contributed by atoms with Gasteiger partial charge in [-0.1, -0.05) is 11.6 Å². The molecule has 0 spiro atoms. The summed E-state index contributed by atoms with van der Waals surface area (Å²) in [7, 11) is 0. The number of ether oxygens (including phenoxy) is 1. The third-order valence-electron chi connectivity index (χ3n) is 1.49. The number of aliphatic carboxylic acids is 1. The first kappa shape index (κ1) is 15.4. The van der Waals surface area contributed by atoms with Crippen molar-refractivity contribution in [2.24, 2.45) is 0 Å². The Hall–Kier alpha value is -1.55. The molecule has 0 saturated carbocycles. The molecule has 0 saturated heterocycles. The number of carboxylic acid groups (broad SMARTS) is 1. The van der Waals surface area contributed by atoms with Gasteiger partial charge in [-0.3, -0.25) is 0 Å². The highest BCUT2D eigenvalue weighted by Gasteiger charge is 2.02. The van der Waals surface area contributed by atoms with Crippen LogP contribution < -0.4 is 4.74 Å². The van der Waals surface area contributed by atoms with Crippen molar-refractivity contribution < 1.29 is 19.4 Å². The number of hydrogen-bond acceptors (Lipinski definition) is 3. The maximum atomic E-state index is 10.2. The molecule has 0 aliphatic rings. The average molecular weight is 259 g/mol. The van der Waals surface area contributed by atoms with Gasteiger partial charge >= 0.3 is 5.97 Å². The van der Waals surface area contributed by atoms with Crippen LogP contribution in [-0.4, -0.2) is 23.5 Å². The normalized spacial score (nSPS) is 8.94. The van der Waals surface area contributed by atoms with E-state index in [1.807, 2.05) is 6.92 Å². The first-order chi connectivity index (χ1) is 7.82. The fourth-order valence-electron chi connectivity index (χ4n) is 0.914. The molecule has 0 aliphatic carbocycles. The van der Waals surface area contributed by atoms with Crippen LogP contribution in [0.25, 0.3) is 0 Å². The number of carbonyl (C=O) groups excluding carboxylic acids is 1. The van der Waals surface area contributed by atoms with Crippen molar-refractivity contribution in [3.05, 3.63) is 28.8 Å². The van der Waals surface area contributed by atoms with Gasteiger partial charge in [0.05, 0.1) is 0 Å². The number of Topliss-reactive ketones (excluding diaryl/α,β-unsaturated/α-hetero) is 1. The molecule has 0 atom stereocenters. The van der Waals surface area contributed by atoms with Gasteiger partial charge in [-0.25, -0.2) is 4.79 Å². The number of carboxylic acids is 1. The minimum absolute atomic E-state index is 0.167. The molecule has 1 aromatic carbocycles. The highest BCUT2D eigenvalue weighted by Crippen LogP contribution is 2.21. The minimum atomic E-state index is -0.991. The zero-order chi connectivity index (χ0) is 13.4. The van der Waals surface area contributed by atoms with Crippen molar-refractivity contribution in [1.82, 2.24) is 0 Å². The average Bonchev–Trinajstić information content (AvgIpc) is 2.15. The summed E-state index contributed by atoms with van der Waals surface area (Å²) < 4.78 is 5.00. The molecule has 0 aliphatic heterocycles. The van der Waals surface area contributed by atoms with Gasteiger partial charge in [-0.15, -0.1) is 0 Å². The van der Waals surface area contributed by atoms with Crippen molar-refractivity contribution in [3.8, 4) is 5.75 Å². The SMILES string of the molecule is CC(C)=O.Cc1cc(Cl)ccc1OCC(=O)O. The lowest BCUT2D eigenvalue weighted by Crippen LogP contribution is -2.09. The lowest BCUT2D eigenvalue weighted by Gasteiger charge is -2.06. The Morgan fingerprint density at radius 3 is 2.29 bits per heavy atom. The van der Waals surface area contributed by atoms with Crippen LogP contribution in [0.1, 0.15) is 19.4 Å². The van der Waals surface area contributed by atoms with Crippen LogP contribution in [0.2, 0.25) is 5.02 Å². The molecule has 94 valence electrons. The molecule has 5 heteroatoms. The molecule has 0 fully saturated rings. The van der Waals surface area contributed by atoms with Crippen molar-refractivity contribution in [2.75, 3.05) is 6.61 Å². The Balaban J connectivity index is 0.000000557. The Kier molecular flexibility index (Phi) is 6.98. The van der Waals surface area contributed by atoms with Crippen LogP contribution in [-0.2, 0) is 9.59 Å². The Bertz CT molecular complexity index is 397. The van der Waals surface area contributed by atoms with E-state index in [0.717, 1.165) is 5.56 Å². The van der Waals surface area contributed by atoms with E-state index < -0.39 is 5.97 Å². The Morgan fingerprint density at radius 1 is 1.35 bits per heavy atom. The number of benzene rings is 1. The van der Waals surface area contributed by atoms with Gasteiger partial charge in [-0.05, 0) is 44.5 Å². The summed E-state index contributed by atoms with van der Waals surface area (Å²) in [4.78, 5) is 19.6. The van der Waals surface area contributed by atoms with E-state index in [2.05, 4.69) is 0 Å². The standard InChI is InChI=1S/C9H9ClO3.C3H6O/c1-6-4-7(10)2-3-8(6)13-5-9(11)12;1-3(2)4/h2-4H,5H2,1H3,(H,11,12);1-2H3. The molecule has 1 rings (SSSR count). The van der Waals surface area contributed by atoms with Gasteiger partial charge in [0.1, 0.15) is 11.5 Å². The first-order valence-electron chi connectivity index (χ1n) is 4.91. The monoisotopic (exact) mass is 258 g/mol. The third kappa shape index (κ3) is 8.28. The highest BCUT2D eigenvalue weighted by atomic mass is 35.5. The van der Waals surface area contributed by atoms with Crippen LogP contribution >= 0.6 is 11.6 Å². The van der Waals surface area contributed by atoms with Gasteiger partial charge in [-0.2, -0.15) is 0 Å². The molecular weight excluding hydrogens is 244 g/mol. The zero-order valence-electron chi connectivity index (χ0n) is 9.99. The van der Waals surface area contributed by atoms with E-state index >= 15 is 0 Å². The minimum Gasteiger partial charge on any atom is -0.482 e. The molecule has 0 aromatic heterocycles. The molecular formula is C12H15ClO4. The van der Waals surface area contributed by atoms with E-state index in [1.54, 1.807) is 18.2 Å². The topological polar surface area (TPSA) is 63.6 Å². The smallest absolute Gasteiger partial charge is 0.341 e. The van der Waals surface area contributed by atoms with Gasteiger partial charge in [0.2, 0.25) is 0 Å².